The van der Waals surface area contributed by atoms with Crippen molar-refractivity contribution < 1.29 is 28.6 Å². The van der Waals surface area contributed by atoms with E-state index >= 15 is 0 Å². The summed E-state index contributed by atoms with van der Waals surface area (Å²) in [5, 5.41) is 9.25. The summed E-state index contributed by atoms with van der Waals surface area (Å²) < 4.78 is 17.2. The Kier molecular flexibility index (Phi) is 18.2. The number of terminal acetylenes is 3. The van der Waals surface area contributed by atoms with Gasteiger partial charge >= 0.3 is 0 Å². The van der Waals surface area contributed by atoms with E-state index in [1.165, 1.54) is 0 Å². The Balaban J connectivity index is 3.99. The first-order chi connectivity index (χ1) is 18.9. The minimum Gasteiger partial charge on any atom is -0.377 e. The fourth-order valence-electron chi connectivity index (χ4n) is 3.50. The van der Waals surface area contributed by atoms with E-state index in [9.17, 15) is 14.4 Å². The lowest BCUT2D eigenvalue weighted by molar-refractivity contribution is -0.119. The molecule has 0 radical (unpaired) electrons. The van der Waals surface area contributed by atoms with Gasteiger partial charge in [0, 0.05) is 29.9 Å². The first-order valence-electron chi connectivity index (χ1n) is 11.6. The van der Waals surface area contributed by atoms with Crippen LogP contribution in [-0.4, -0.2) is 60.0 Å². The minimum atomic E-state index is -0.250. The quantitative estimate of drug-likeness (QED) is 0.114. The van der Waals surface area contributed by atoms with Gasteiger partial charge in [0.05, 0.1) is 42.4 Å². The van der Waals surface area contributed by atoms with Gasteiger partial charge in [-0.3, -0.25) is 14.4 Å². The summed E-state index contributed by atoms with van der Waals surface area (Å²) in [4.78, 5) is 36.7. The van der Waals surface area contributed by atoms with Gasteiger partial charge in [-0.2, -0.15) is 0 Å². The van der Waals surface area contributed by atoms with Crippen LogP contribution >= 0.6 is 47.8 Å². The number of rotatable bonds is 19. The highest BCUT2D eigenvalue weighted by Gasteiger charge is 2.25. The predicted octanol–water partition coefficient (Wildman–Crippen LogP) is 2.53. The van der Waals surface area contributed by atoms with Crippen LogP contribution in [0.1, 0.15) is 27.8 Å². The number of Topliss-reactive ketones (excluding diaryl/α,β-unsaturated/α-hetero) is 1. The summed E-state index contributed by atoms with van der Waals surface area (Å²) in [6.07, 6.45) is 16.2. The van der Waals surface area contributed by atoms with Crippen molar-refractivity contribution in [2.75, 3.05) is 47.7 Å². The van der Waals surface area contributed by atoms with Crippen molar-refractivity contribution in [3.63, 3.8) is 0 Å². The Labute approximate surface area is 254 Å². The van der Waals surface area contributed by atoms with Crippen LogP contribution in [0.4, 0.5) is 5.69 Å². The molecule has 0 spiro atoms. The Morgan fingerprint density at radius 1 is 0.641 bits per heavy atom. The van der Waals surface area contributed by atoms with Gasteiger partial charge in [-0.05, 0) is 16.7 Å². The third-order valence-corrected chi connectivity index (χ3v) is 6.78. The van der Waals surface area contributed by atoms with E-state index in [1.54, 1.807) is 0 Å². The lowest BCUT2D eigenvalue weighted by Crippen LogP contribution is -2.29. The number of alkyl halides is 3. The molecule has 1 rings (SSSR count). The fraction of sp³-hybridized carbons (Fsp3) is 0.444. The van der Waals surface area contributed by atoms with Crippen LogP contribution in [0.15, 0.2) is 0 Å². The van der Waals surface area contributed by atoms with Gasteiger partial charge in [-0.15, -0.1) is 19.3 Å². The molecule has 0 atom stereocenters. The van der Waals surface area contributed by atoms with E-state index in [4.69, 9.17) is 33.5 Å². The molecule has 0 saturated carbocycles. The van der Waals surface area contributed by atoms with E-state index in [-0.39, 0.29) is 92.9 Å². The number of anilines is 1. The summed E-state index contributed by atoms with van der Waals surface area (Å²) in [7, 11) is 0. The monoisotopic (exact) mass is 729 g/mol. The average molecular weight is 732 g/mol. The molecule has 3 N–H and O–H groups in total. The van der Waals surface area contributed by atoms with Crippen LogP contribution in [0.5, 0.6) is 0 Å². The predicted molar refractivity (Wildman–Crippen MR) is 160 cm³/mol. The lowest BCUT2D eigenvalue weighted by Gasteiger charge is -2.27. The molecule has 2 amide bonds. The Morgan fingerprint density at radius 2 is 1.05 bits per heavy atom. The number of hydrogen-bond donors (Lipinski definition) is 3. The minimum absolute atomic E-state index is 0.0110. The molecule has 0 aliphatic rings. The number of carbonyl (C=O) groups is 3. The maximum absolute atomic E-state index is 12.3. The number of nitrogens with one attached hydrogen (secondary N) is 3. The van der Waals surface area contributed by atoms with Crippen LogP contribution < -0.4 is 16.0 Å². The normalized spacial score (nSPS) is 10.2. The zero-order valence-corrected chi connectivity index (χ0v) is 26.1. The second kappa shape index (κ2) is 20.5. The Morgan fingerprint density at radius 3 is 1.41 bits per heavy atom. The zero-order valence-electron chi connectivity index (χ0n) is 21.3. The molecule has 9 nitrogen and oxygen atoms in total. The van der Waals surface area contributed by atoms with Crippen LogP contribution in [-0.2, 0) is 61.5 Å². The molecule has 0 aromatic heterocycles. The van der Waals surface area contributed by atoms with Gasteiger partial charge in [0.15, 0.2) is 5.78 Å². The molecule has 0 fully saturated rings. The number of halogens is 3. The number of amides is 2. The van der Waals surface area contributed by atoms with E-state index in [0.29, 0.717) is 33.5 Å². The van der Waals surface area contributed by atoms with Gasteiger partial charge in [0.2, 0.25) is 11.8 Å². The summed E-state index contributed by atoms with van der Waals surface area (Å²) >= 11 is 9.49. The summed E-state index contributed by atoms with van der Waals surface area (Å²) in [5.41, 5.74) is 3.82. The van der Waals surface area contributed by atoms with E-state index < -0.39 is 0 Å². The Hall–Kier alpha value is -2.37. The van der Waals surface area contributed by atoms with Crippen LogP contribution in [0.3, 0.4) is 0 Å². The molecule has 39 heavy (non-hydrogen) atoms. The third-order valence-electron chi connectivity index (χ3n) is 5.13. The van der Waals surface area contributed by atoms with Crippen molar-refractivity contribution in [3.8, 4) is 37.0 Å². The number of carbonyl (C=O) groups excluding carboxylic acids is 3. The van der Waals surface area contributed by atoms with Gasteiger partial charge < -0.3 is 30.2 Å². The SMILES string of the molecule is C#CCOCc1c(CNC(=O)CBr)c(COCC#C)c(NCC(=O)CBr)c(COCC#C)c1CNC(=O)CBr. The van der Waals surface area contributed by atoms with Crippen LogP contribution in [0.2, 0.25) is 0 Å². The third kappa shape index (κ3) is 12.1. The number of ether oxygens (including phenoxy) is 3. The molecule has 1 aromatic rings. The maximum atomic E-state index is 12.3. The smallest absolute Gasteiger partial charge is 0.230 e. The van der Waals surface area contributed by atoms with Gasteiger partial charge in [-0.25, -0.2) is 0 Å². The van der Waals surface area contributed by atoms with Crippen molar-refractivity contribution in [1.82, 2.24) is 10.6 Å². The lowest BCUT2D eigenvalue weighted by atomic mass is 9.89. The van der Waals surface area contributed by atoms with Crippen LogP contribution in [0, 0.1) is 37.0 Å². The van der Waals surface area contributed by atoms with E-state index in [0.717, 1.165) is 0 Å². The molecular weight excluding hydrogens is 702 g/mol. The summed E-state index contributed by atoms with van der Waals surface area (Å²) in [6.45, 7) is 0.437. The first-order valence-corrected chi connectivity index (χ1v) is 14.9. The molecule has 0 saturated heterocycles. The van der Waals surface area contributed by atoms with Crippen molar-refractivity contribution in [1.29, 1.82) is 0 Å². The van der Waals surface area contributed by atoms with Crippen molar-refractivity contribution in [2.45, 2.75) is 32.9 Å². The van der Waals surface area contributed by atoms with Crippen molar-refractivity contribution >= 4 is 71.1 Å². The average Bonchev–Trinajstić information content (AvgIpc) is 2.95. The molecule has 210 valence electrons. The molecule has 0 bridgehead atoms. The molecule has 0 aliphatic heterocycles. The van der Waals surface area contributed by atoms with Crippen molar-refractivity contribution in [2.24, 2.45) is 0 Å². The van der Waals surface area contributed by atoms with Gasteiger partial charge in [0.1, 0.15) is 19.8 Å². The fourth-order valence-corrected chi connectivity index (χ4v) is 4.10. The zero-order chi connectivity index (χ0) is 29.0. The first kappa shape index (κ1) is 34.7. The van der Waals surface area contributed by atoms with Gasteiger partial charge in [-0.1, -0.05) is 65.6 Å². The highest BCUT2D eigenvalue weighted by Crippen LogP contribution is 2.35. The van der Waals surface area contributed by atoms with E-state index in [1.807, 2.05) is 0 Å². The number of benzene rings is 1. The van der Waals surface area contributed by atoms with Gasteiger partial charge in [0.25, 0.3) is 0 Å². The maximum Gasteiger partial charge on any atom is 0.230 e. The number of ketones is 1. The Bertz CT molecular complexity index is 963. The number of hydrogen-bond acceptors (Lipinski definition) is 7. The molecule has 1 aromatic carbocycles. The molecule has 0 heterocycles. The topological polar surface area (TPSA) is 115 Å². The molecule has 0 unspecified atom stereocenters. The largest absolute Gasteiger partial charge is 0.377 e. The van der Waals surface area contributed by atoms with Crippen LogP contribution in [0.25, 0.3) is 0 Å². The summed E-state index contributed by atoms with van der Waals surface area (Å²) in [5.74, 6) is 6.70. The van der Waals surface area contributed by atoms with Crippen molar-refractivity contribution in [3.05, 3.63) is 27.8 Å². The highest BCUT2D eigenvalue weighted by molar-refractivity contribution is 9.09. The molecular formula is C27H30Br3N3O6. The highest BCUT2D eigenvalue weighted by atomic mass is 79.9. The molecule has 0 aliphatic carbocycles. The van der Waals surface area contributed by atoms with E-state index in [2.05, 4.69) is 81.5 Å². The second-order valence-corrected chi connectivity index (χ2v) is 9.39. The standard InChI is InChI=1S/C27H30Br3N3O6/c1-4-7-37-16-22-20(14-31-25(35)11-29)23(17-38-8-5-2)27(33-13-19(34)10-28)24(18-39-9-6-3)21(22)15-32-26(36)12-30/h1-3,33H,7-18H2,(H,31,35)(H,32,36). The summed E-state index contributed by atoms with van der Waals surface area (Å²) in [6, 6.07) is 0. The molecule has 12 heteroatoms. The second-order valence-electron chi connectivity index (χ2n) is 7.71.